The summed E-state index contributed by atoms with van der Waals surface area (Å²) in [6.45, 7) is 0.579. The summed E-state index contributed by atoms with van der Waals surface area (Å²) in [6, 6.07) is 12.1. The van der Waals surface area contributed by atoms with Gasteiger partial charge in [-0.05, 0) is 11.6 Å². The minimum atomic E-state index is -0.720. The highest BCUT2D eigenvalue weighted by Crippen LogP contribution is 2.33. The molecule has 0 aliphatic rings. The summed E-state index contributed by atoms with van der Waals surface area (Å²) in [5.41, 5.74) is 6.69. The van der Waals surface area contributed by atoms with Crippen molar-refractivity contribution in [3.05, 3.63) is 53.6 Å². The zero-order valence-corrected chi connectivity index (χ0v) is 17.2. The number of anilines is 1. The second-order valence-electron chi connectivity index (χ2n) is 6.49. The molecule has 4 N–H and O–H groups in total. The number of carbonyl (C=O) groups excluding carboxylic acids is 3. The number of carbonyl (C=O) groups is 3. The highest BCUT2D eigenvalue weighted by Gasteiger charge is 2.17. The molecule has 0 bridgehead atoms. The Morgan fingerprint density at radius 1 is 1.03 bits per heavy atom. The van der Waals surface area contributed by atoms with Crippen molar-refractivity contribution < 1.29 is 23.9 Å². The molecule has 0 unspecified atom stereocenters. The van der Waals surface area contributed by atoms with Crippen LogP contribution in [-0.4, -0.2) is 50.6 Å². The van der Waals surface area contributed by atoms with E-state index in [2.05, 4.69) is 10.6 Å². The van der Waals surface area contributed by atoms with Crippen LogP contribution < -0.4 is 25.8 Å². The van der Waals surface area contributed by atoms with Crippen molar-refractivity contribution in [1.82, 2.24) is 10.2 Å². The Morgan fingerprint density at radius 3 is 2.27 bits per heavy atom. The molecule has 4 amide bonds. The van der Waals surface area contributed by atoms with Crippen LogP contribution in [0.3, 0.4) is 0 Å². The molecule has 0 heterocycles. The summed E-state index contributed by atoms with van der Waals surface area (Å²) >= 11 is 0. The summed E-state index contributed by atoms with van der Waals surface area (Å²) in [5.74, 6) is -0.454. The molecule has 0 aliphatic heterocycles. The number of hydrogen-bond donors (Lipinski definition) is 3. The maximum Gasteiger partial charge on any atom is 0.317 e. The van der Waals surface area contributed by atoms with E-state index in [4.69, 9.17) is 15.2 Å². The van der Waals surface area contributed by atoms with Gasteiger partial charge in [-0.2, -0.15) is 0 Å². The van der Waals surface area contributed by atoms with Gasteiger partial charge in [0.05, 0.1) is 25.5 Å². The number of urea groups is 1. The lowest BCUT2D eigenvalue weighted by Crippen LogP contribution is -2.38. The fraction of sp³-hybridized carbons (Fsp3) is 0.286. The number of rotatable bonds is 9. The average Bonchev–Trinajstić information content (AvgIpc) is 2.73. The number of primary amides is 1. The van der Waals surface area contributed by atoms with E-state index >= 15 is 0 Å². The quantitative estimate of drug-likeness (QED) is 0.579. The van der Waals surface area contributed by atoms with Crippen molar-refractivity contribution in [2.45, 2.75) is 13.0 Å². The molecular formula is C21H26N4O5. The highest BCUT2D eigenvalue weighted by molar-refractivity contribution is 6.04. The van der Waals surface area contributed by atoms with E-state index in [0.717, 1.165) is 5.56 Å². The summed E-state index contributed by atoms with van der Waals surface area (Å²) in [7, 11) is 4.54. The predicted molar refractivity (Wildman–Crippen MR) is 113 cm³/mol. The standard InChI is InChI=1S/C21H26N4O5/c1-25(13-14-7-5-4-6-8-14)21(28)23-10-9-19(26)24-16-12-18(30-3)17(29-2)11-15(16)20(22)27/h4-8,11-12H,9-10,13H2,1-3H3,(H2,22,27)(H,23,28)(H,24,26). The number of nitrogens with one attached hydrogen (secondary N) is 2. The van der Waals surface area contributed by atoms with Crippen molar-refractivity contribution >= 4 is 23.5 Å². The third-order valence-corrected chi connectivity index (χ3v) is 4.30. The number of nitrogens with zero attached hydrogens (tertiary/aromatic N) is 1. The molecule has 9 heteroatoms. The van der Waals surface area contributed by atoms with Crippen LogP contribution in [0.5, 0.6) is 11.5 Å². The van der Waals surface area contributed by atoms with Crippen LogP contribution in [-0.2, 0) is 11.3 Å². The maximum atomic E-state index is 12.3. The molecule has 0 atom stereocenters. The predicted octanol–water partition coefficient (Wildman–Crippen LogP) is 1.97. The van der Waals surface area contributed by atoms with Crippen LogP contribution in [0.2, 0.25) is 0 Å². The zero-order valence-electron chi connectivity index (χ0n) is 17.2. The van der Waals surface area contributed by atoms with E-state index in [0.29, 0.717) is 18.0 Å². The van der Waals surface area contributed by atoms with Crippen LogP contribution in [0.15, 0.2) is 42.5 Å². The smallest absolute Gasteiger partial charge is 0.317 e. The number of hydrogen-bond acceptors (Lipinski definition) is 5. The van der Waals surface area contributed by atoms with Crippen molar-refractivity contribution in [1.29, 1.82) is 0 Å². The van der Waals surface area contributed by atoms with Crippen molar-refractivity contribution in [2.24, 2.45) is 5.73 Å². The molecule has 160 valence electrons. The fourth-order valence-electron chi connectivity index (χ4n) is 2.75. The van der Waals surface area contributed by atoms with Gasteiger partial charge >= 0.3 is 6.03 Å². The van der Waals surface area contributed by atoms with Gasteiger partial charge in [0.15, 0.2) is 11.5 Å². The first-order valence-electron chi connectivity index (χ1n) is 9.24. The van der Waals surface area contributed by atoms with E-state index in [1.54, 1.807) is 7.05 Å². The molecule has 2 rings (SSSR count). The second-order valence-corrected chi connectivity index (χ2v) is 6.49. The van der Waals surface area contributed by atoms with Crippen molar-refractivity contribution in [3.63, 3.8) is 0 Å². The van der Waals surface area contributed by atoms with Crippen molar-refractivity contribution in [3.8, 4) is 11.5 Å². The SMILES string of the molecule is COc1cc(NC(=O)CCNC(=O)N(C)Cc2ccccc2)c(C(N)=O)cc1OC. The minimum absolute atomic E-state index is 0.0114. The third kappa shape index (κ3) is 6.13. The summed E-state index contributed by atoms with van der Waals surface area (Å²) in [4.78, 5) is 37.7. The first-order chi connectivity index (χ1) is 14.3. The van der Waals surface area contributed by atoms with Gasteiger partial charge < -0.3 is 30.7 Å². The molecule has 9 nitrogen and oxygen atoms in total. The average molecular weight is 414 g/mol. The number of amides is 4. The second kappa shape index (κ2) is 10.7. The number of ether oxygens (including phenoxy) is 2. The van der Waals surface area contributed by atoms with E-state index in [-0.39, 0.29) is 30.2 Å². The van der Waals surface area contributed by atoms with Crippen LogP contribution in [0, 0.1) is 0 Å². The van der Waals surface area contributed by atoms with Gasteiger partial charge in [-0.15, -0.1) is 0 Å². The Balaban J connectivity index is 1.91. The lowest BCUT2D eigenvalue weighted by atomic mass is 10.1. The Kier molecular flexibility index (Phi) is 8.04. The number of benzene rings is 2. The lowest BCUT2D eigenvalue weighted by Gasteiger charge is -2.18. The Hall–Kier alpha value is -3.75. The molecule has 2 aromatic carbocycles. The largest absolute Gasteiger partial charge is 0.493 e. The van der Waals surface area contributed by atoms with Crippen LogP contribution in [0.25, 0.3) is 0 Å². The van der Waals surface area contributed by atoms with E-state index in [1.165, 1.54) is 31.3 Å². The molecule has 0 aliphatic carbocycles. The van der Waals surface area contributed by atoms with E-state index in [1.807, 2.05) is 30.3 Å². The van der Waals surface area contributed by atoms with Crippen LogP contribution in [0.4, 0.5) is 10.5 Å². The molecule has 0 radical (unpaired) electrons. The summed E-state index contributed by atoms with van der Waals surface area (Å²) < 4.78 is 10.3. The van der Waals surface area contributed by atoms with Gasteiger partial charge in [0.2, 0.25) is 5.91 Å². The van der Waals surface area contributed by atoms with Gasteiger partial charge in [0.1, 0.15) is 0 Å². The lowest BCUT2D eigenvalue weighted by molar-refractivity contribution is -0.116. The van der Waals surface area contributed by atoms with E-state index in [9.17, 15) is 14.4 Å². The van der Waals surface area contributed by atoms with E-state index < -0.39 is 11.8 Å². The van der Waals surface area contributed by atoms with Gasteiger partial charge in [-0.25, -0.2) is 4.79 Å². The molecule has 30 heavy (non-hydrogen) atoms. The Bertz CT molecular complexity index is 902. The first kappa shape index (κ1) is 22.5. The van der Waals surface area contributed by atoms with Gasteiger partial charge in [-0.1, -0.05) is 30.3 Å². The van der Waals surface area contributed by atoms with Crippen LogP contribution >= 0.6 is 0 Å². The fourth-order valence-corrected chi connectivity index (χ4v) is 2.75. The maximum absolute atomic E-state index is 12.3. The molecule has 0 saturated heterocycles. The molecule has 0 saturated carbocycles. The molecule has 2 aromatic rings. The third-order valence-electron chi connectivity index (χ3n) is 4.30. The Labute approximate surface area is 175 Å². The van der Waals surface area contributed by atoms with Gasteiger partial charge in [-0.3, -0.25) is 9.59 Å². The normalized spacial score (nSPS) is 10.1. The van der Waals surface area contributed by atoms with Gasteiger partial charge in [0, 0.05) is 32.6 Å². The molecule has 0 aromatic heterocycles. The van der Waals surface area contributed by atoms with Crippen molar-refractivity contribution in [2.75, 3.05) is 33.1 Å². The van der Waals surface area contributed by atoms with Gasteiger partial charge in [0.25, 0.3) is 5.91 Å². The monoisotopic (exact) mass is 414 g/mol. The first-order valence-corrected chi connectivity index (χ1v) is 9.24. The summed E-state index contributed by atoms with van der Waals surface area (Å²) in [5, 5.41) is 5.31. The summed E-state index contributed by atoms with van der Waals surface area (Å²) in [6.07, 6.45) is 0.0114. The number of nitrogens with two attached hydrogens (primary N) is 1. The Morgan fingerprint density at radius 2 is 1.67 bits per heavy atom. The van der Waals surface area contributed by atoms with Crippen LogP contribution in [0.1, 0.15) is 22.3 Å². The molecular weight excluding hydrogens is 388 g/mol. The molecule has 0 spiro atoms. The molecule has 0 fully saturated rings. The highest BCUT2D eigenvalue weighted by atomic mass is 16.5. The number of methoxy groups -OCH3 is 2. The zero-order chi connectivity index (χ0) is 22.1. The minimum Gasteiger partial charge on any atom is -0.493 e. The topological polar surface area (TPSA) is 123 Å².